The van der Waals surface area contributed by atoms with Gasteiger partial charge in [0.15, 0.2) is 5.96 Å². The average molecular weight is 456 g/mol. The van der Waals surface area contributed by atoms with E-state index in [4.69, 9.17) is 9.47 Å². The smallest absolute Gasteiger partial charge is 0.191 e. The number of halogens is 1. The minimum atomic E-state index is 0. The molecule has 0 radical (unpaired) electrons. The lowest BCUT2D eigenvalue weighted by atomic mass is 10.1. The fraction of sp³-hybridized carbons (Fsp3) is 0.941. The molecule has 6 nitrogen and oxygen atoms in total. The first-order chi connectivity index (χ1) is 11.1. The molecule has 0 bridgehead atoms. The SMILES string of the molecule is CCNC(=NCCCOCC1CCOC1)NCCN(C)C(C)C.I. The summed E-state index contributed by atoms with van der Waals surface area (Å²) in [6.45, 7) is 13.4. The number of nitrogens with one attached hydrogen (secondary N) is 2. The maximum absolute atomic E-state index is 5.70. The maximum Gasteiger partial charge on any atom is 0.191 e. The van der Waals surface area contributed by atoms with Crippen molar-refractivity contribution in [2.45, 2.75) is 39.7 Å². The van der Waals surface area contributed by atoms with Crippen LogP contribution in [0.4, 0.5) is 0 Å². The van der Waals surface area contributed by atoms with Crippen molar-refractivity contribution in [2.24, 2.45) is 10.9 Å². The highest BCUT2D eigenvalue weighted by molar-refractivity contribution is 14.0. The molecule has 0 saturated carbocycles. The lowest BCUT2D eigenvalue weighted by molar-refractivity contribution is 0.0893. The largest absolute Gasteiger partial charge is 0.381 e. The zero-order valence-corrected chi connectivity index (χ0v) is 18.2. The average Bonchev–Trinajstić information content (AvgIpc) is 3.03. The summed E-state index contributed by atoms with van der Waals surface area (Å²) >= 11 is 0. The third kappa shape index (κ3) is 11.4. The van der Waals surface area contributed by atoms with Crippen molar-refractivity contribution in [3.8, 4) is 0 Å². The van der Waals surface area contributed by atoms with Gasteiger partial charge in [0, 0.05) is 51.4 Å². The predicted octanol–water partition coefficient (Wildman–Crippen LogP) is 1.94. The molecule has 1 atom stereocenters. The van der Waals surface area contributed by atoms with E-state index in [1.807, 2.05) is 0 Å². The molecule has 0 spiro atoms. The summed E-state index contributed by atoms with van der Waals surface area (Å²) in [5.74, 6) is 1.49. The van der Waals surface area contributed by atoms with E-state index in [0.717, 1.165) is 71.4 Å². The molecule has 1 rings (SSSR count). The van der Waals surface area contributed by atoms with Gasteiger partial charge in [-0.15, -0.1) is 24.0 Å². The standard InChI is InChI=1S/C17H36N4O2.HI/c1-5-18-17(20-9-10-21(4)15(2)3)19-8-6-11-22-13-16-7-12-23-14-16;/h15-16H,5-14H2,1-4H3,(H2,18,19,20);1H. The molecule has 2 N–H and O–H groups in total. The molecular weight excluding hydrogens is 419 g/mol. The van der Waals surface area contributed by atoms with E-state index in [-0.39, 0.29) is 24.0 Å². The summed E-state index contributed by atoms with van der Waals surface area (Å²) in [4.78, 5) is 6.91. The third-order valence-electron chi connectivity index (χ3n) is 4.08. The Hall–Kier alpha value is -0.120. The van der Waals surface area contributed by atoms with Crippen molar-refractivity contribution in [3.63, 3.8) is 0 Å². The van der Waals surface area contributed by atoms with Crippen LogP contribution in [0.5, 0.6) is 0 Å². The van der Waals surface area contributed by atoms with Gasteiger partial charge in [0.25, 0.3) is 0 Å². The van der Waals surface area contributed by atoms with Gasteiger partial charge in [-0.05, 0) is 40.7 Å². The Morgan fingerprint density at radius 1 is 1.38 bits per heavy atom. The number of nitrogens with zero attached hydrogens (tertiary/aromatic N) is 2. The van der Waals surface area contributed by atoms with Gasteiger partial charge < -0.3 is 25.0 Å². The molecule has 144 valence electrons. The molecule has 1 aliphatic rings. The Balaban J connectivity index is 0.00000529. The van der Waals surface area contributed by atoms with E-state index in [1.165, 1.54) is 0 Å². The zero-order chi connectivity index (χ0) is 16.9. The number of rotatable bonds is 11. The van der Waals surface area contributed by atoms with Gasteiger partial charge in [-0.3, -0.25) is 4.99 Å². The summed E-state index contributed by atoms with van der Waals surface area (Å²) in [6, 6.07) is 0.568. The molecule has 1 unspecified atom stereocenters. The van der Waals surface area contributed by atoms with Crippen LogP contribution in [-0.4, -0.2) is 76.6 Å². The molecule has 0 aromatic carbocycles. The first kappa shape index (κ1) is 23.9. The Morgan fingerprint density at radius 2 is 2.17 bits per heavy atom. The van der Waals surface area contributed by atoms with Crippen molar-refractivity contribution >= 4 is 29.9 Å². The van der Waals surface area contributed by atoms with Crippen LogP contribution < -0.4 is 10.6 Å². The first-order valence-electron chi connectivity index (χ1n) is 9.01. The molecule has 1 fully saturated rings. The Morgan fingerprint density at radius 3 is 2.79 bits per heavy atom. The molecule has 0 aromatic rings. The number of likely N-dealkylation sites (N-methyl/N-ethyl adjacent to an activating group) is 1. The monoisotopic (exact) mass is 456 g/mol. The highest BCUT2D eigenvalue weighted by Crippen LogP contribution is 2.12. The van der Waals surface area contributed by atoms with Crippen LogP contribution in [0.15, 0.2) is 4.99 Å². The predicted molar refractivity (Wildman–Crippen MR) is 112 cm³/mol. The quantitative estimate of drug-likeness (QED) is 0.216. The van der Waals surface area contributed by atoms with Gasteiger partial charge in [0.05, 0.1) is 13.2 Å². The lowest BCUT2D eigenvalue weighted by Gasteiger charge is -2.21. The van der Waals surface area contributed by atoms with Crippen LogP contribution in [0.3, 0.4) is 0 Å². The van der Waals surface area contributed by atoms with Crippen molar-refractivity contribution in [2.75, 3.05) is 59.7 Å². The summed E-state index contributed by atoms with van der Waals surface area (Å²) in [6.07, 6.45) is 2.09. The van der Waals surface area contributed by atoms with Crippen LogP contribution in [0.2, 0.25) is 0 Å². The molecule has 24 heavy (non-hydrogen) atoms. The number of aliphatic imine (C=N–C) groups is 1. The van der Waals surface area contributed by atoms with Gasteiger partial charge in [0.1, 0.15) is 0 Å². The third-order valence-corrected chi connectivity index (χ3v) is 4.08. The molecular formula is C17H37IN4O2. The van der Waals surface area contributed by atoms with Gasteiger partial charge in [-0.1, -0.05) is 0 Å². The van der Waals surface area contributed by atoms with Crippen LogP contribution >= 0.6 is 24.0 Å². The molecule has 0 aliphatic carbocycles. The normalized spacial score (nSPS) is 18.1. The second-order valence-corrected chi connectivity index (χ2v) is 6.42. The summed E-state index contributed by atoms with van der Waals surface area (Å²) in [5.41, 5.74) is 0. The Kier molecular flexibility index (Phi) is 15.1. The van der Waals surface area contributed by atoms with Crippen LogP contribution in [0.1, 0.15) is 33.6 Å². The van der Waals surface area contributed by atoms with Crippen molar-refractivity contribution in [1.82, 2.24) is 15.5 Å². The fourth-order valence-corrected chi connectivity index (χ4v) is 2.27. The second kappa shape index (κ2) is 15.2. The maximum atomic E-state index is 5.70. The number of hydrogen-bond acceptors (Lipinski definition) is 4. The highest BCUT2D eigenvalue weighted by atomic mass is 127. The fourth-order valence-electron chi connectivity index (χ4n) is 2.27. The molecule has 7 heteroatoms. The van der Waals surface area contributed by atoms with Crippen LogP contribution in [-0.2, 0) is 9.47 Å². The van der Waals surface area contributed by atoms with Gasteiger partial charge in [-0.2, -0.15) is 0 Å². The minimum absolute atomic E-state index is 0. The molecule has 0 aromatic heterocycles. The minimum Gasteiger partial charge on any atom is -0.381 e. The molecule has 1 aliphatic heterocycles. The summed E-state index contributed by atoms with van der Waals surface area (Å²) in [7, 11) is 2.14. The first-order valence-corrected chi connectivity index (χ1v) is 9.01. The van der Waals surface area contributed by atoms with Crippen LogP contribution in [0, 0.1) is 5.92 Å². The summed E-state index contributed by atoms with van der Waals surface area (Å²) < 4.78 is 11.0. The van der Waals surface area contributed by atoms with E-state index in [2.05, 4.69) is 48.3 Å². The molecule has 0 amide bonds. The highest BCUT2D eigenvalue weighted by Gasteiger charge is 2.15. The summed E-state index contributed by atoms with van der Waals surface area (Å²) in [5, 5.41) is 6.67. The van der Waals surface area contributed by atoms with Gasteiger partial charge >= 0.3 is 0 Å². The van der Waals surface area contributed by atoms with Gasteiger partial charge in [-0.25, -0.2) is 0 Å². The van der Waals surface area contributed by atoms with E-state index in [1.54, 1.807) is 0 Å². The van der Waals surface area contributed by atoms with Gasteiger partial charge in [0.2, 0.25) is 0 Å². The van der Waals surface area contributed by atoms with Crippen LogP contribution in [0.25, 0.3) is 0 Å². The number of hydrogen-bond donors (Lipinski definition) is 2. The molecule has 1 saturated heterocycles. The second-order valence-electron chi connectivity index (χ2n) is 6.42. The molecule has 1 heterocycles. The number of guanidine groups is 1. The van der Waals surface area contributed by atoms with Crippen molar-refractivity contribution in [3.05, 3.63) is 0 Å². The Bertz CT molecular complexity index is 324. The lowest BCUT2D eigenvalue weighted by Crippen LogP contribution is -2.42. The van der Waals surface area contributed by atoms with E-state index >= 15 is 0 Å². The number of ether oxygens (including phenoxy) is 2. The van der Waals surface area contributed by atoms with Crippen molar-refractivity contribution < 1.29 is 9.47 Å². The van der Waals surface area contributed by atoms with E-state index < -0.39 is 0 Å². The zero-order valence-electron chi connectivity index (χ0n) is 15.8. The van der Waals surface area contributed by atoms with E-state index in [9.17, 15) is 0 Å². The van der Waals surface area contributed by atoms with Crippen molar-refractivity contribution in [1.29, 1.82) is 0 Å². The Labute approximate surface area is 165 Å². The topological polar surface area (TPSA) is 58.1 Å². The van der Waals surface area contributed by atoms with E-state index in [0.29, 0.717) is 12.0 Å².